The molecule has 0 saturated heterocycles. The van der Waals surface area contributed by atoms with E-state index in [1.807, 2.05) is 22.7 Å². The van der Waals surface area contributed by atoms with Gasteiger partial charge in [0.25, 0.3) is 0 Å². The van der Waals surface area contributed by atoms with Gasteiger partial charge in [-0.05, 0) is 98.4 Å². The molecule has 0 radical (unpaired) electrons. The average molecular weight is 861 g/mol. The number of rotatable bonds is 3. The number of nitrogens with zero attached hydrogens (tertiary/aromatic N) is 2. The van der Waals surface area contributed by atoms with Gasteiger partial charge in [-0.15, -0.1) is 22.7 Å². The van der Waals surface area contributed by atoms with Crippen LogP contribution in [-0.2, 0) is 10.8 Å². The van der Waals surface area contributed by atoms with Crippen LogP contribution in [0.4, 0.5) is 27.8 Å². The minimum absolute atomic E-state index is 0.0231. The molecule has 3 aromatic heterocycles. The van der Waals surface area contributed by atoms with Crippen molar-refractivity contribution in [2.75, 3.05) is 9.71 Å². The highest BCUT2D eigenvalue weighted by Gasteiger charge is 2.49. The third-order valence-electron chi connectivity index (χ3n) is 13.8. The Morgan fingerprint density at radius 3 is 1.88 bits per heavy atom. The summed E-state index contributed by atoms with van der Waals surface area (Å²) < 4.78 is 11.1. The second kappa shape index (κ2) is 13.5. The lowest BCUT2D eigenvalue weighted by Gasteiger charge is -2.45. The lowest BCUT2D eigenvalue weighted by Crippen LogP contribution is -2.61. The molecule has 0 atom stereocenters. The van der Waals surface area contributed by atoms with Gasteiger partial charge in [-0.2, -0.15) is 0 Å². The second-order valence-electron chi connectivity index (χ2n) is 19.7. The first-order chi connectivity index (χ1) is 31.0. The van der Waals surface area contributed by atoms with Gasteiger partial charge >= 0.3 is 6.85 Å². The van der Waals surface area contributed by atoms with E-state index in [-0.39, 0.29) is 17.7 Å². The lowest BCUT2D eigenvalue weighted by atomic mass is 9.43. The van der Waals surface area contributed by atoms with Crippen molar-refractivity contribution in [1.82, 2.24) is 0 Å². The molecule has 0 unspecified atom stereocenters. The molecule has 2 aliphatic heterocycles. The summed E-state index contributed by atoms with van der Waals surface area (Å²) >= 11 is 3.81. The van der Waals surface area contributed by atoms with E-state index < -0.39 is 0 Å². The number of benzene rings is 8. The molecule has 3 nitrogen and oxygen atoms in total. The molecule has 0 N–H and O–H groups in total. The van der Waals surface area contributed by atoms with Crippen molar-refractivity contribution in [3.8, 4) is 22.3 Å². The first-order valence-corrected chi connectivity index (χ1v) is 24.0. The summed E-state index contributed by atoms with van der Waals surface area (Å²) in [4.78, 5) is 5.30. The molecule has 0 saturated carbocycles. The van der Waals surface area contributed by atoms with Crippen molar-refractivity contribution in [1.29, 1.82) is 0 Å². The van der Waals surface area contributed by atoms with E-state index in [1.54, 1.807) is 0 Å². The highest BCUT2D eigenvalue weighted by atomic mass is 32.1. The van der Waals surface area contributed by atoms with Crippen LogP contribution in [0.25, 0.3) is 74.5 Å². The quantitative estimate of drug-likeness (QED) is 0.165. The van der Waals surface area contributed by atoms with E-state index in [1.165, 1.54) is 102 Å². The zero-order valence-electron chi connectivity index (χ0n) is 36.8. The van der Waals surface area contributed by atoms with E-state index in [4.69, 9.17) is 4.42 Å². The standard InChI is InChI=1S/C58H45BN2OS2/c1-57(2,3)35-24-27-37(28-25-35)61-45-31-29-40-39-19-11-14-22-48(39)63-55(40)50(45)51-53-46(33-43-38-18-10-13-21-47(38)62-54(43)51)60(56-52(59(53)61)41-20-12-15-23-49(41)64-56)44-30-26-36(58(4,5)6)32-42(44)34-16-8-7-9-17-34/h7-33H,1-6H3. The number of hydrogen-bond donors (Lipinski definition) is 0. The molecule has 0 amide bonds. The van der Waals surface area contributed by atoms with Gasteiger partial charge in [-0.1, -0.05) is 151 Å². The van der Waals surface area contributed by atoms with E-state index in [0.29, 0.717) is 0 Å². The smallest absolute Gasteiger partial charge is 0.334 e. The van der Waals surface area contributed by atoms with E-state index in [9.17, 15) is 0 Å². The van der Waals surface area contributed by atoms with E-state index >= 15 is 0 Å². The van der Waals surface area contributed by atoms with Crippen LogP contribution in [0.15, 0.2) is 168 Å². The van der Waals surface area contributed by atoms with Crippen LogP contribution >= 0.6 is 22.7 Å². The fourth-order valence-electron chi connectivity index (χ4n) is 10.6. The maximum absolute atomic E-state index is 7.21. The van der Waals surface area contributed by atoms with Crippen LogP contribution in [0.1, 0.15) is 52.7 Å². The Morgan fingerprint density at radius 2 is 1.12 bits per heavy atom. The fraction of sp³-hybridized carbons (Fsp3) is 0.138. The molecule has 13 rings (SSSR count). The van der Waals surface area contributed by atoms with Crippen molar-refractivity contribution < 1.29 is 4.42 Å². The molecular formula is C58H45BN2OS2. The summed E-state index contributed by atoms with van der Waals surface area (Å²) in [6.45, 7) is 13.7. The minimum Gasteiger partial charge on any atom is -0.455 e. The Balaban J connectivity index is 1.23. The number of para-hydroxylation sites is 1. The van der Waals surface area contributed by atoms with Crippen molar-refractivity contribution in [2.24, 2.45) is 0 Å². The number of furan rings is 1. The number of thiophene rings is 2. The molecule has 0 spiro atoms. The average Bonchev–Trinajstić information content (AvgIpc) is 4.00. The first-order valence-electron chi connectivity index (χ1n) is 22.4. The summed E-state index contributed by atoms with van der Waals surface area (Å²) in [6, 6.07) is 61.4. The number of anilines is 5. The molecule has 2 aliphatic rings. The zero-order valence-corrected chi connectivity index (χ0v) is 38.4. The van der Waals surface area contributed by atoms with Gasteiger partial charge in [0, 0.05) is 69.4 Å². The topological polar surface area (TPSA) is 19.6 Å². The van der Waals surface area contributed by atoms with Crippen LogP contribution in [0, 0.1) is 0 Å². The summed E-state index contributed by atoms with van der Waals surface area (Å²) in [6.07, 6.45) is 0. The molecule has 0 aliphatic carbocycles. The van der Waals surface area contributed by atoms with Gasteiger partial charge in [0.2, 0.25) is 0 Å². The highest BCUT2D eigenvalue weighted by molar-refractivity contribution is 7.27. The van der Waals surface area contributed by atoms with Crippen molar-refractivity contribution in [3.05, 3.63) is 175 Å². The number of hydrogen-bond acceptors (Lipinski definition) is 5. The summed E-state index contributed by atoms with van der Waals surface area (Å²) in [7, 11) is 0. The summed E-state index contributed by atoms with van der Waals surface area (Å²) in [5.74, 6) is 0. The fourth-order valence-corrected chi connectivity index (χ4v) is 13.1. The molecule has 6 heteroatoms. The van der Waals surface area contributed by atoms with Crippen molar-refractivity contribution in [3.63, 3.8) is 0 Å². The monoisotopic (exact) mass is 860 g/mol. The van der Waals surface area contributed by atoms with Gasteiger partial charge in [-0.3, -0.25) is 0 Å². The largest absolute Gasteiger partial charge is 0.455 e. The maximum atomic E-state index is 7.21. The van der Waals surface area contributed by atoms with Crippen LogP contribution in [-0.4, -0.2) is 6.85 Å². The lowest BCUT2D eigenvalue weighted by molar-refractivity contribution is 0.590. The molecule has 8 aromatic carbocycles. The Bertz CT molecular complexity index is 3710. The maximum Gasteiger partial charge on any atom is 0.334 e. The van der Waals surface area contributed by atoms with Crippen LogP contribution < -0.4 is 20.6 Å². The SMILES string of the molecule is CC(C)(C)c1ccc(N2B3c4c(cc5c(oc6ccccc65)c4-c4c2ccc2c4sc4ccccc42)N(c2ccc(C(C)(C)C)cc2-c2ccccc2)c2sc4ccccc4c23)cc1. The Kier molecular flexibility index (Phi) is 7.98. The Hall–Kier alpha value is -6.60. The number of fused-ring (bicyclic) bond motifs is 14. The van der Waals surface area contributed by atoms with Crippen molar-refractivity contribution in [2.45, 2.75) is 52.4 Å². The van der Waals surface area contributed by atoms with Gasteiger partial charge < -0.3 is 14.1 Å². The van der Waals surface area contributed by atoms with Crippen LogP contribution in [0.3, 0.4) is 0 Å². The minimum atomic E-state index is -0.154. The molecule has 64 heavy (non-hydrogen) atoms. The van der Waals surface area contributed by atoms with Crippen LogP contribution in [0.5, 0.6) is 0 Å². The third kappa shape index (κ3) is 5.39. The molecule has 308 valence electrons. The predicted molar refractivity (Wildman–Crippen MR) is 279 cm³/mol. The van der Waals surface area contributed by atoms with Crippen molar-refractivity contribution >= 4 is 120 Å². The highest BCUT2D eigenvalue weighted by Crippen LogP contribution is 2.56. The predicted octanol–water partition coefficient (Wildman–Crippen LogP) is 16.1. The van der Waals surface area contributed by atoms with Gasteiger partial charge in [0.15, 0.2) is 0 Å². The molecule has 11 aromatic rings. The third-order valence-corrected chi connectivity index (χ3v) is 16.2. The first kappa shape index (κ1) is 37.9. The molecule has 0 fully saturated rings. The van der Waals surface area contributed by atoms with Crippen LogP contribution in [0.2, 0.25) is 0 Å². The molecule has 5 heterocycles. The van der Waals surface area contributed by atoms with Gasteiger partial charge in [-0.25, -0.2) is 0 Å². The molecular weight excluding hydrogens is 816 g/mol. The molecule has 0 bridgehead atoms. The summed E-state index contributed by atoms with van der Waals surface area (Å²) in [5.41, 5.74) is 16.7. The van der Waals surface area contributed by atoms with E-state index in [0.717, 1.165) is 21.9 Å². The zero-order chi connectivity index (χ0) is 43.2. The van der Waals surface area contributed by atoms with E-state index in [2.05, 4.69) is 215 Å². The van der Waals surface area contributed by atoms with Gasteiger partial charge in [0.05, 0.1) is 10.7 Å². The Labute approximate surface area is 381 Å². The summed E-state index contributed by atoms with van der Waals surface area (Å²) in [5, 5.41) is 7.37. The second-order valence-corrected chi connectivity index (χ2v) is 21.7. The normalized spacial score (nSPS) is 13.7. The van der Waals surface area contributed by atoms with Gasteiger partial charge in [0.1, 0.15) is 11.2 Å². The Morgan fingerprint density at radius 1 is 0.484 bits per heavy atom.